The van der Waals surface area contributed by atoms with Gasteiger partial charge in [-0.2, -0.15) is 0 Å². The molecular formula is C24H21ClN2O. The van der Waals surface area contributed by atoms with Crippen molar-refractivity contribution in [3.05, 3.63) is 107 Å². The summed E-state index contributed by atoms with van der Waals surface area (Å²) >= 11 is 6.13. The van der Waals surface area contributed by atoms with E-state index in [2.05, 4.69) is 28.8 Å². The van der Waals surface area contributed by atoms with Crippen LogP contribution in [0, 0.1) is 0 Å². The van der Waals surface area contributed by atoms with Crippen molar-refractivity contribution in [3.63, 3.8) is 0 Å². The Morgan fingerprint density at radius 3 is 2.18 bits per heavy atom. The van der Waals surface area contributed by atoms with Crippen LogP contribution in [0.4, 0.5) is 0 Å². The second-order valence-corrected chi connectivity index (χ2v) is 6.87. The van der Waals surface area contributed by atoms with E-state index in [9.17, 15) is 0 Å². The van der Waals surface area contributed by atoms with Gasteiger partial charge in [0.2, 0.25) is 0 Å². The fourth-order valence-corrected chi connectivity index (χ4v) is 3.48. The number of nitrogens with zero attached hydrogens (tertiary/aromatic N) is 2. The number of rotatable bonds is 6. The summed E-state index contributed by atoms with van der Waals surface area (Å²) in [6, 6.07) is 28.2. The Bertz CT molecular complexity index is 1030. The molecule has 3 nitrogen and oxygen atoms in total. The van der Waals surface area contributed by atoms with E-state index < -0.39 is 0 Å². The molecule has 0 bridgehead atoms. The van der Waals surface area contributed by atoms with Crippen molar-refractivity contribution in [2.45, 2.75) is 13.0 Å². The third kappa shape index (κ3) is 3.72. The summed E-state index contributed by atoms with van der Waals surface area (Å²) in [4.78, 5) is 4.76. The van der Waals surface area contributed by atoms with E-state index in [0.717, 1.165) is 28.3 Å². The maximum absolute atomic E-state index is 6.16. The van der Waals surface area contributed by atoms with Gasteiger partial charge < -0.3 is 4.74 Å². The summed E-state index contributed by atoms with van der Waals surface area (Å²) in [5.41, 5.74) is 4.12. The van der Waals surface area contributed by atoms with Gasteiger partial charge in [0.05, 0.1) is 11.9 Å². The number of benzene rings is 3. The van der Waals surface area contributed by atoms with Crippen LogP contribution in [-0.4, -0.2) is 16.2 Å². The molecule has 0 aliphatic rings. The SMILES string of the molecule is CCOC(c1ccccc1)c1cnc(-c2ccccc2)n1-c1ccc(Cl)cc1. The first-order valence-electron chi connectivity index (χ1n) is 9.33. The van der Waals surface area contributed by atoms with Crippen LogP contribution >= 0.6 is 11.6 Å². The smallest absolute Gasteiger partial charge is 0.144 e. The van der Waals surface area contributed by atoms with Gasteiger partial charge in [-0.1, -0.05) is 72.3 Å². The fraction of sp³-hybridized carbons (Fsp3) is 0.125. The standard InChI is InChI=1S/C24H21ClN2O/c1-2-28-23(18-9-5-3-6-10-18)22-17-26-24(19-11-7-4-8-12-19)27(22)21-15-13-20(25)14-16-21/h3-17,23H,2H2,1H3. The van der Waals surface area contributed by atoms with E-state index >= 15 is 0 Å². The highest BCUT2D eigenvalue weighted by Gasteiger charge is 2.23. The largest absolute Gasteiger partial charge is 0.367 e. The molecule has 3 aromatic carbocycles. The molecule has 0 radical (unpaired) electrons. The molecule has 4 aromatic rings. The minimum Gasteiger partial charge on any atom is -0.367 e. The molecule has 4 rings (SSSR count). The molecule has 0 spiro atoms. The van der Waals surface area contributed by atoms with Gasteiger partial charge in [-0.05, 0) is 36.8 Å². The topological polar surface area (TPSA) is 27.1 Å². The highest BCUT2D eigenvalue weighted by molar-refractivity contribution is 6.30. The summed E-state index contributed by atoms with van der Waals surface area (Å²) in [5.74, 6) is 0.874. The first kappa shape index (κ1) is 18.5. The van der Waals surface area contributed by atoms with Crippen LogP contribution in [0.25, 0.3) is 17.1 Å². The lowest BCUT2D eigenvalue weighted by molar-refractivity contribution is 0.0873. The summed E-state index contributed by atoms with van der Waals surface area (Å²) in [7, 11) is 0. The highest BCUT2D eigenvalue weighted by Crippen LogP contribution is 2.32. The Kier molecular flexibility index (Phi) is 5.56. The number of hydrogen-bond donors (Lipinski definition) is 0. The molecule has 1 heterocycles. The van der Waals surface area contributed by atoms with Crippen LogP contribution < -0.4 is 0 Å². The molecule has 28 heavy (non-hydrogen) atoms. The van der Waals surface area contributed by atoms with Gasteiger partial charge in [0, 0.05) is 22.9 Å². The van der Waals surface area contributed by atoms with Gasteiger partial charge in [-0.3, -0.25) is 4.57 Å². The molecular weight excluding hydrogens is 368 g/mol. The van der Waals surface area contributed by atoms with Crippen LogP contribution in [0.3, 0.4) is 0 Å². The van der Waals surface area contributed by atoms with Crippen LogP contribution in [-0.2, 0) is 4.74 Å². The molecule has 140 valence electrons. The molecule has 0 aliphatic heterocycles. The number of ether oxygens (including phenoxy) is 1. The average molecular weight is 389 g/mol. The molecule has 4 heteroatoms. The predicted molar refractivity (Wildman–Crippen MR) is 114 cm³/mol. The monoisotopic (exact) mass is 388 g/mol. The molecule has 0 saturated carbocycles. The average Bonchev–Trinajstić information content (AvgIpc) is 3.18. The number of halogens is 1. The minimum absolute atomic E-state index is 0.216. The summed E-state index contributed by atoms with van der Waals surface area (Å²) in [5, 5.41) is 0.705. The van der Waals surface area contributed by atoms with Crippen LogP contribution in [0.15, 0.2) is 91.1 Å². The molecule has 0 aliphatic carbocycles. The third-order valence-electron chi connectivity index (χ3n) is 4.61. The number of aromatic nitrogens is 2. The fourth-order valence-electron chi connectivity index (χ4n) is 3.35. The highest BCUT2D eigenvalue weighted by atomic mass is 35.5. The van der Waals surface area contributed by atoms with Crippen LogP contribution in [0.5, 0.6) is 0 Å². The van der Waals surface area contributed by atoms with Gasteiger partial charge in [0.15, 0.2) is 0 Å². The summed E-state index contributed by atoms with van der Waals surface area (Å²) in [6.45, 7) is 2.61. The van der Waals surface area contributed by atoms with Gasteiger partial charge in [0.25, 0.3) is 0 Å². The van der Waals surface area contributed by atoms with E-state index in [0.29, 0.717) is 11.6 Å². The zero-order valence-corrected chi connectivity index (χ0v) is 16.4. The molecule has 1 aromatic heterocycles. The van der Waals surface area contributed by atoms with Crippen molar-refractivity contribution in [1.82, 2.24) is 9.55 Å². The second-order valence-electron chi connectivity index (χ2n) is 6.43. The van der Waals surface area contributed by atoms with Gasteiger partial charge in [0.1, 0.15) is 11.9 Å². The molecule has 0 saturated heterocycles. The molecule has 0 amide bonds. The zero-order valence-electron chi connectivity index (χ0n) is 15.6. The maximum atomic E-state index is 6.16. The molecule has 1 unspecified atom stereocenters. The van der Waals surface area contributed by atoms with E-state index in [1.807, 2.05) is 73.8 Å². The van der Waals surface area contributed by atoms with E-state index in [1.165, 1.54) is 0 Å². The first-order chi connectivity index (χ1) is 13.8. The number of hydrogen-bond acceptors (Lipinski definition) is 2. The molecule has 0 fully saturated rings. The Balaban J connectivity index is 1.92. The third-order valence-corrected chi connectivity index (χ3v) is 4.86. The lowest BCUT2D eigenvalue weighted by Gasteiger charge is -2.21. The van der Waals surface area contributed by atoms with Crippen molar-refractivity contribution in [1.29, 1.82) is 0 Å². The van der Waals surface area contributed by atoms with Crippen molar-refractivity contribution < 1.29 is 4.74 Å². The summed E-state index contributed by atoms with van der Waals surface area (Å²) < 4.78 is 8.31. The van der Waals surface area contributed by atoms with Gasteiger partial charge in [-0.15, -0.1) is 0 Å². The number of imidazole rings is 1. The van der Waals surface area contributed by atoms with Crippen molar-refractivity contribution in [2.75, 3.05) is 6.61 Å². The van der Waals surface area contributed by atoms with E-state index in [-0.39, 0.29) is 6.10 Å². The lowest BCUT2D eigenvalue weighted by Crippen LogP contribution is -2.12. The predicted octanol–water partition coefficient (Wildman–Crippen LogP) is 6.32. The van der Waals surface area contributed by atoms with E-state index in [4.69, 9.17) is 21.3 Å². The Morgan fingerprint density at radius 2 is 1.54 bits per heavy atom. The quantitative estimate of drug-likeness (QED) is 0.386. The lowest BCUT2D eigenvalue weighted by atomic mass is 10.1. The van der Waals surface area contributed by atoms with Crippen molar-refractivity contribution in [3.8, 4) is 17.1 Å². The van der Waals surface area contributed by atoms with Crippen molar-refractivity contribution >= 4 is 11.6 Å². The molecule has 0 N–H and O–H groups in total. The van der Waals surface area contributed by atoms with Gasteiger partial charge in [-0.25, -0.2) is 4.98 Å². The Hall–Kier alpha value is -2.88. The van der Waals surface area contributed by atoms with Crippen LogP contribution in [0.2, 0.25) is 5.02 Å². The zero-order chi connectivity index (χ0) is 19.3. The summed E-state index contributed by atoms with van der Waals surface area (Å²) in [6.07, 6.45) is 1.69. The van der Waals surface area contributed by atoms with E-state index in [1.54, 1.807) is 0 Å². The Morgan fingerprint density at radius 1 is 0.893 bits per heavy atom. The molecule has 1 atom stereocenters. The second kappa shape index (κ2) is 8.42. The van der Waals surface area contributed by atoms with Gasteiger partial charge >= 0.3 is 0 Å². The maximum Gasteiger partial charge on any atom is 0.144 e. The Labute approximate surface area is 170 Å². The normalized spacial score (nSPS) is 12.1. The van der Waals surface area contributed by atoms with Crippen LogP contribution in [0.1, 0.15) is 24.3 Å². The first-order valence-corrected chi connectivity index (χ1v) is 9.71. The minimum atomic E-state index is -0.216. The van der Waals surface area contributed by atoms with Crippen molar-refractivity contribution in [2.24, 2.45) is 0 Å².